The molecule has 0 aliphatic rings. The monoisotopic (exact) mass is 363 g/mol. The lowest BCUT2D eigenvalue weighted by Crippen LogP contribution is -2.26. The van der Waals surface area contributed by atoms with E-state index in [1.165, 1.54) is 4.80 Å². The summed E-state index contributed by atoms with van der Waals surface area (Å²) in [5, 5.41) is 14.2. The second kappa shape index (κ2) is 8.27. The van der Waals surface area contributed by atoms with Gasteiger partial charge in [0.1, 0.15) is 0 Å². The topological polar surface area (TPSA) is 88.9 Å². The quantitative estimate of drug-likeness (QED) is 0.705. The van der Waals surface area contributed by atoms with Crippen molar-refractivity contribution in [1.82, 2.24) is 20.3 Å². The van der Waals surface area contributed by atoms with E-state index < -0.39 is 5.91 Å². The summed E-state index contributed by atoms with van der Waals surface area (Å²) in [7, 11) is 0. The first-order valence-electron chi connectivity index (χ1n) is 8.78. The highest BCUT2D eigenvalue weighted by Crippen LogP contribution is 2.17. The first kappa shape index (κ1) is 18.3. The second-order valence-corrected chi connectivity index (χ2v) is 6.01. The van der Waals surface area contributed by atoms with Crippen LogP contribution >= 0.6 is 0 Å². The summed E-state index contributed by atoms with van der Waals surface area (Å²) in [5.41, 5.74) is 2.32. The zero-order valence-electron chi connectivity index (χ0n) is 15.3. The van der Waals surface area contributed by atoms with E-state index >= 15 is 0 Å². The van der Waals surface area contributed by atoms with E-state index in [4.69, 9.17) is 0 Å². The lowest BCUT2D eigenvalue weighted by molar-refractivity contribution is 0.0954. The van der Waals surface area contributed by atoms with E-state index in [9.17, 15) is 9.59 Å². The molecule has 0 bridgehead atoms. The fourth-order valence-electron chi connectivity index (χ4n) is 2.57. The molecule has 0 aliphatic heterocycles. The van der Waals surface area contributed by atoms with Gasteiger partial charge in [0.25, 0.3) is 11.8 Å². The third-order valence-corrected chi connectivity index (χ3v) is 3.94. The SMILES string of the molecule is CCCNC(=O)c1ccccc1NC(=O)c1nn(-c2ccccc2)nc1C. The average molecular weight is 363 g/mol. The molecule has 0 saturated carbocycles. The number of para-hydroxylation sites is 2. The highest BCUT2D eigenvalue weighted by molar-refractivity contribution is 6.08. The minimum Gasteiger partial charge on any atom is -0.352 e. The molecule has 2 amide bonds. The Kier molecular flexibility index (Phi) is 5.61. The van der Waals surface area contributed by atoms with Crippen molar-refractivity contribution in [3.63, 3.8) is 0 Å². The predicted octanol–water partition coefficient (Wildman–Crippen LogP) is 2.97. The third-order valence-electron chi connectivity index (χ3n) is 3.94. The van der Waals surface area contributed by atoms with Crippen molar-refractivity contribution in [1.29, 1.82) is 0 Å². The number of nitrogens with one attached hydrogen (secondary N) is 2. The van der Waals surface area contributed by atoms with Gasteiger partial charge in [-0.1, -0.05) is 37.3 Å². The van der Waals surface area contributed by atoms with Gasteiger partial charge in [-0.25, -0.2) is 0 Å². The van der Waals surface area contributed by atoms with E-state index in [0.29, 0.717) is 23.5 Å². The average Bonchev–Trinajstić information content (AvgIpc) is 3.09. The Morgan fingerprint density at radius 3 is 2.41 bits per heavy atom. The van der Waals surface area contributed by atoms with Crippen LogP contribution < -0.4 is 10.6 Å². The molecule has 7 nitrogen and oxygen atoms in total. The summed E-state index contributed by atoms with van der Waals surface area (Å²) < 4.78 is 0. The van der Waals surface area contributed by atoms with Gasteiger partial charge in [-0.05, 0) is 37.6 Å². The maximum absolute atomic E-state index is 12.7. The minimum atomic E-state index is -0.412. The third kappa shape index (κ3) is 4.20. The van der Waals surface area contributed by atoms with E-state index in [1.54, 1.807) is 31.2 Å². The molecular weight excluding hydrogens is 342 g/mol. The van der Waals surface area contributed by atoms with Crippen LogP contribution in [0.5, 0.6) is 0 Å². The standard InChI is InChI=1S/C20H21N5O2/c1-3-13-21-19(26)16-11-7-8-12-17(16)22-20(27)18-14(2)23-25(24-18)15-9-5-4-6-10-15/h4-12H,3,13H2,1-2H3,(H,21,26)(H,22,27). The maximum atomic E-state index is 12.7. The van der Waals surface area contributed by atoms with Crippen molar-refractivity contribution in [2.45, 2.75) is 20.3 Å². The molecule has 0 aliphatic carbocycles. The van der Waals surface area contributed by atoms with Gasteiger partial charge >= 0.3 is 0 Å². The molecule has 7 heteroatoms. The van der Waals surface area contributed by atoms with Gasteiger partial charge in [0.05, 0.1) is 22.6 Å². The summed E-state index contributed by atoms with van der Waals surface area (Å²) in [6.45, 7) is 4.28. The van der Waals surface area contributed by atoms with Crippen LogP contribution in [0, 0.1) is 6.92 Å². The maximum Gasteiger partial charge on any atom is 0.278 e. The first-order chi connectivity index (χ1) is 13.1. The largest absolute Gasteiger partial charge is 0.352 e. The number of nitrogens with zero attached hydrogens (tertiary/aromatic N) is 3. The van der Waals surface area contributed by atoms with E-state index in [0.717, 1.165) is 12.1 Å². The van der Waals surface area contributed by atoms with Crippen molar-refractivity contribution in [2.75, 3.05) is 11.9 Å². The number of aromatic nitrogens is 3. The normalized spacial score (nSPS) is 10.4. The van der Waals surface area contributed by atoms with Crippen molar-refractivity contribution in [2.24, 2.45) is 0 Å². The van der Waals surface area contributed by atoms with Crippen LogP contribution in [0.25, 0.3) is 5.69 Å². The Balaban J connectivity index is 1.83. The van der Waals surface area contributed by atoms with Crippen molar-refractivity contribution in [3.05, 3.63) is 71.5 Å². The molecule has 0 fully saturated rings. The molecule has 138 valence electrons. The predicted molar refractivity (Wildman–Crippen MR) is 103 cm³/mol. The number of carbonyl (C=O) groups is 2. The van der Waals surface area contributed by atoms with E-state index in [2.05, 4.69) is 20.8 Å². The lowest BCUT2D eigenvalue weighted by atomic mass is 10.1. The number of hydrogen-bond donors (Lipinski definition) is 2. The molecule has 3 rings (SSSR count). The number of benzene rings is 2. The van der Waals surface area contributed by atoms with Gasteiger partial charge < -0.3 is 10.6 Å². The molecule has 0 radical (unpaired) electrons. The van der Waals surface area contributed by atoms with Crippen molar-refractivity contribution in [3.8, 4) is 5.69 Å². The number of carbonyl (C=O) groups excluding carboxylic acids is 2. The van der Waals surface area contributed by atoms with Gasteiger partial charge in [-0.2, -0.15) is 9.90 Å². The molecule has 2 N–H and O–H groups in total. The molecule has 1 heterocycles. The van der Waals surface area contributed by atoms with Gasteiger partial charge in [0.2, 0.25) is 0 Å². The van der Waals surface area contributed by atoms with Gasteiger partial charge in [-0.3, -0.25) is 9.59 Å². The van der Waals surface area contributed by atoms with Gasteiger partial charge in [-0.15, -0.1) is 5.10 Å². The summed E-state index contributed by atoms with van der Waals surface area (Å²) in [4.78, 5) is 26.4. The van der Waals surface area contributed by atoms with Gasteiger partial charge in [0, 0.05) is 6.54 Å². The van der Waals surface area contributed by atoms with Crippen LogP contribution in [0.4, 0.5) is 5.69 Å². The fraction of sp³-hybridized carbons (Fsp3) is 0.200. The summed E-state index contributed by atoms with van der Waals surface area (Å²) in [6, 6.07) is 16.2. The summed E-state index contributed by atoms with van der Waals surface area (Å²) >= 11 is 0. The molecule has 0 saturated heterocycles. The Hall–Kier alpha value is -3.48. The minimum absolute atomic E-state index is 0.211. The molecule has 2 aromatic carbocycles. The molecule has 3 aromatic rings. The number of rotatable bonds is 6. The lowest BCUT2D eigenvalue weighted by Gasteiger charge is -2.10. The Morgan fingerprint density at radius 2 is 1.67 bits per heavy atom. The van der Waals surface area contributed by atoms with Crippen molar-refractivity contribution < 1.29 is 9.59 Å². The highest BCUT2D eigenvalue weighted by atomic mass is 16.2. The molecule has 0 spiro atoms. The molecule has 1 aromatic heterocycles. The van der Waals surface area contributed by atoms with E-state index in [1.807, 2.05) is 37.3 Å². The fourth-order valence-corrected chi connectivity index (χ4v) is 2.57. The second-order valence-electron chi connectivity index (χ2n) is 6.01. The van der Waals surface area contributed by atoms with E-state index in [-0.39, 0.29) is 11.6 Å². The Labute approximate surface area is 157 Å². The summed E-state index contributed by atoms with van der Waals surface area (Å²) in [5.74, 6) is -0.636. The molecular formula is C20H21N5O2. The molecule has 0 atom stereocenters. The molecule has 0 unspecified atom stereocenters. The van der Waals surface area contributed by atoms with Crippen LogP contribution in [0.3, 0.4) is 0 Å². The van der Waals surface area contributed by atoms with Crippen LogP contribution in [0.1, 0.15) is 39.9 Å². The molecule has 27 heavy (non-hydrogen) atoms. The Bertz CT molecular complexity index is 950. The number of anilines is 1. The number of amides is 2. The van der Waals surface area contributed by atoms with Crippen LogP contribution in [0.15, 0.2) is 54.6 Å². The van der Waals surface area contributed by atoms with Crippen LogP contribution in [-0.4, -0.2) is 33.4 Å². The van der Waals surface area contributed by atoms with Crippen LogP contribution in [-0.2, 0) is 0 Å². The highest BCUT2D eigenvalue weighted by Gasteiger charge is 2.19. The zero-order chi connectivity index (χ0) is 19.2. The van der Waals surface area contributed by atoms with Crippen molar-refractivity contribution >= 4 is 17.5 Å². The number of hydrogen-bond acceptors (Lipinski definition) is 4. The number of aryl methyl sites for hydroxylation is 1. The Morgan fingerprint density at radius 1 is 0.963 bits per heavy atom. The first-order valence-corrected chi connectivity index (χ1v) is 8.78. The zero-order valence-corrected chi connectivity index (χ0v) is 15.3. The van der Waals surface area contributed by atoms with Crippen LogP contribution in [0.2, 0.25) is 0 Å². The smallest absolute Gasteiger partial charge is 0.278 e. The summed E-state index contributed by atoms with van der Waals surface area (Å²) in [6.07, 6.45) is 0.835. The van der Waals surface area contributed by atoms with Gasteiger partial charge in [0.15, 0.2) is 5.69 Å².